The molecule has 0 heterocycles. The molecular weight excluding hydrogens is 158 g/mol. The van der Waals surface area contributed by atoms with Crippen molar-refractivity contribution in [2.75, 3.05) is 0 Å². The Kier molecular flexibility index (Phi) is 2.09. The molecule has 0 radical (unpaired) electrons. The van der Waals surface area contributed by atoms with Crippen molar-refractivity contribution in [1.29, 1.82) is 5.41 Å². The van der Waals surface area contributed by atoms with Gasteiger partial charge in [0.2, 0.25) is 0 Å². The monoisotopic (exact) mass is 165 g/mol. The van der Waals surface area contributed by atoms with Gasteiger partial charge in [-0.05, 0) is 23.8 Å². The molecule has 0 aliphatic heterocycles. The van der Waals surface area contributed by atoms with Crippen molar-refractivity contribution in [3.8, 4) is 5.75 Å². The quantitative estimate of drug-likeness (QED) is 0.573. The number of phenols is 1. The fourth-order valence-electron chi connectivity index (χ4n) is 0.815. The van der Waals surface area contributed by atoms with Crippen LogP contribution in [0.4, 0.5) is 0 Å². The van der Waals surface area contributed by atoms with Crippen LogP contribution in [0.15, 0.2) is 18.2 Å². The first-order valence-electron chi connectivity index (χ1n) is 3.22. The molecule has 0 aliphatic rings. The van der Waals surface area contributed by atoms with Gasteiger partial charge >= 0.3 is 5.97 Å². The van der Waals surface area contributed by atoms with E-state index in [9.17, 15) is 4.79 Å². The van der Waals surface area contributed by atoms with Gasteiger partial charge in [0.05, 0.1) is 0 Å². The van der Waals surface area contributed by atoms with Crippen molar-refractivity contribution in [2.24, 2.45) is 0 Å². The Morgan fingerprint density at radius 1 is 1.50 bits per heavy atom. The molecule has 12 heavy (non-hydrogen) atoms. The molecule has 4 nitrogen and oxygen atoms in total. The number of carboxylic acids is 1. The lowest BCUT2D eigenvalue weighted by molar-refractivity contribution is 0.0693. The van der Waals surface area contributed by atoms with Gasteiger partial charge in [-0.3, -0.25) is 0 Å². The zero-order valence-corrected chi connectivity index (χ0v) is 6.11. The van der Waals surface area contributed by atoms with Crippen molar-refractivity contribution >= 4 is 12.2 Å². The third kappa shape index (κ3) is 1.42. The second-order valence-corrected chi connectivity index (χ2v) is 2.23. The van der Waals surface area contributed by atoms with Crippen LogP contribution in [-0.4, -0.2) is 22.4 Å². The molecule has 4 heteroatoms. The van der Waals surface area contributed by atoms with E-state index in [0.717, 1.165) is 6.21 Å². The van der Waals surface area contributed by atoms with Crippen LogP contribution < -0.4 is 0 Å². The molecule has 62 valence electrons. The lowest BCUT2D eigenvalue weighted by Gasteiger charge is -1.99. The van der Waals surface area contributed by atoms with E-state index in [4.69, 9.17) is 15.6 Å². The molecule has 0 bridgehead atoms. The van der Waals surface area contributed by atoms with Crippen molar-refractivity contribution in [3.63, 3.8) is 0 Å². The molecule has 1 aromatic rings. The summed E-state index contributed by atoms with van der Waals surface area (Å²) in [7, 11) is 0. The standard InChI is InChI=1S/C8H7NO3/c9-4-5-1-2-7(10)6(3-5)8(11)12/h1-4,9-10H,(H,11,12). The number of carbonyl (C=O) groups is 1. The highest BCUT2D eigenvalue weighted by Crippen LogP contribution is 2.17. The van der Waals surface area contributed by atoms with Gasteiger partial charge in [-0.25, -0.2) is 4.79 Å². The van der Waals surface area contributed by atoms with Crippen LogP contribution in [0.5, 0.6) is 5.75 Å². The number of rotatable bonds is 2. The minimum absolute atomic E-state index is 0.184. The molecule has 0 aromatic heterocycles. The van der Waals surface area contributed by atoms with E-state index < -0.39 is 5.97 Å². The van der Waals surface area contributed by atoms with Crippen LogP contribution in [0.25, 0.3) is 0 Å². The third-order valence-electron chi connectivity index (χ3n) is 1.42. The number of aromatic carboxylic acids is 1. The molecular formula is C8H7NO3. The normalized spacial score (nSPS) is 9.33. The predicted octanol–water partition coefficient (Wildman–Crippen LogP) is 1.09. The minimum Gasteiger partial charge on any atom is -0.507 e. The van der Waals surface area contributed by atoms with Crippen molar-refractivity contribution in [3.05, 3.63) is 29.3 Å². The summed E-state index contributed by atoms with van der Waals surface area (Å²) < 4.78 is 0. The molecule has 0 saturated carbocycles. The summed E-state index contributed by atoms with van der Waals surface area (Å²) in [6.45, 7) is 0. The maximum absolute atomic E-state index is 10.5. The molecule has 0 atom stereocenters. The highest BCUT2D eigenvalue weighted by Gasteiger charge is 2.08. The lowest BCUT2D eigenvalue weighted by Crippen LogP contribution is -1.97. The van der Waals surface area contributed by atoms with Crippen LogP contribution in [0.2, 0.25) is 0 Å². The first-order valence-corrected chi connectivity index (χ1v) is 3.22. The molecule has 0 aliphatic carbocycles. The molecule has 3 N–H and O–H groups in total. The summed E-state index contributed by atoms with van der Waals surface area (Å²) in [4.78, 5) is 10.5. The summed E-state index contributed by atoms with van der Waals surface area (Å²) >= 11 is 0. The van der Waals surface area contributed by atoms with Gasteiger partial charge in [0.25, 0.3) is 0 Å². The number of aromatic hydroxyl groups is 1. The van der Waals surface area contributed by atoms with Crippen LogP contribution >= 0.6 is 0 Å². The molecule has 1 rings (SSSR count). The Balaban J connectivity index is 3.25. The summed E-state index contributed by atoms with van der Waals surface area (Å²) in [5.74, 6) is -1.48. The van der Waals surface area contributed by atoms with Crippen LogP contribution in [-0.2, 0) is 0 Å². The number of benzene rings is 1. The maximum atomic E-state index is 10.5. The Morgan fingerprint density at radius 3 is 2.67 bits per heavy atom. The maximum Gasteiger partial charge on any atom is 0.339 e. The van der Waals surface area contributed by atoms with Crippen molar-refractivity contribution in [1.82, 2.24) is 0 Å². The average molecular weight is 165 g/mol. The van der Waals surface area contributed by atoms with E-state index in [-0.39, 0.29) is 11.3 Å². The Morgan fingerprint density at radius 2 is 2.17 bits per heavy atom. The number of hydrogen-bond donors (Lipinski definition) is 3. The van der Waals surface area contributed by atoms with Crippen molar-refractivity contribution in [2.45, 2.75) is 0 Å². The molecule has 0 saturated heterocycles. The van der Waals surface area contributed by atoms with Crippen LogP contribution in [0.3, 0.4) is 0 Å². The molecule has 0 unspecified atom stereocenters. The molecule has 0 amide bonds. The summed E-state index contributed by atoms with van der Waals surface area (Å²) in [6.07, 6.45) is 1.02. The first-order chi connectivity index (χ1) is 5.65. The molecule has 1 aromatic carbocycles. The Hall–Kier alpha value is -1.84. The largest absolute Gasteiger partial charge is 0.507 e. The van der Waals surface area contributed by atoms with Gasteiger partial charge in [-0.2, -0.15) is 0 Å². The second-order valence-electron chi connectivity index (χ2n) is 2.23. The fourth-order valence-corrected chi connectivity index (χ4v) is 0.815. The Labute approximate surface area is 68.6 Å². The smallest absolute Gasteiger partial charge is 0.339 e. The van der Waals surface area contributed by atoms with Crippen molar-refractivity contribution < 1.29 is 15.0 Å². The second kappa shape index (κ2) is 3.04. The van der Waals surface area contributed by atoms with E-state index in [2.05, 4.69) is 0 Å². The number of carboxylic acid groups (broad SMARTS) is 1. The summed E-state index contributed by atoms with van der Waals surface area (Å²) in [5.41, 5.74) is 0.265. The third-order valence-corrected chi connectivity index (χ3v) is 1.42. The van der Waals surface area contributed by atoms with Gasteiger partial charge < -0.3 is 15.6 Å². The zero-order chi connectivity index (χ0) is 9.14. The molecule has 0 spiro atoms. The first kappa shape index (κ1) is 8.26. The molecule has 0 fully saturated rings. The van der Waals surface area contributed by atoms with Crippen LogP contribution in [0, 0.1) is 5.41 Å². The van der Waals surface area contributed by atoms with E-state index in [1.54, 1.807) is 0 Å². The van der Waals surface area contributed by atoms with E-state index in [1.807, 2.05) is 0 Å². The lowest BCUT2D eigenvalue weighted by atomic mass is 10.1. The predicted molar refractivity (Wildman–Crippen MR) is 43.0 cm³/mol. The highest BCUT2D eigenvalue weighted by molar-refractivity contribution is 5.93. The highest BCUT2D eigenvalue weighted by atomic mass is 16.4. The average Bonchev–Trinajstić information content (AvgIpc) is 2.05. The van der Waals surface area contributed by atoms with E-state index in [0.29, 0.717) is 5.56 Å². The Bertz CT molecular complexity index is 333. The van der Waals surface area contributed by atoms with Crippen LogP contribution in [0.1, 0.15) is 15.9 Å². The minimum atomic E-state index is -1.20. The SMILES string of the molecule is N=Cc1ccc(O)c(C(=O)O)c1. The zero-order valence-electron chi connectivity index (χ0n) is 6.11. The van der Waals surface area contributed by atoms with Gasteiger partial charge in [-0.15, -0.1) is 0 Å². The van der Waals surface area contributed by atoms with Gasteiger partial charge in [-0.1, -0.05) is 0 Å². The van der Waals surface area contributed by atoms with Gasteiger partial charge in [0.15, 0.2) is 0 Å². The van der Waals surface area contributed by atoms with Gasteiger partial charge in [0.1, 0.15) is 11.3 Å². The van der Waals surface area contributed by atoms with Gasteiger partial charge in [0, 0.05) is 6.21 Å². The van der Waals surface area contributed by atoms with E-state index >= 15 is 0 Å². The summed E-state index contributed by atoms with van der Waals surface area (Å²) in [6, 6.07) is 3.96. The number of nitrogens with one attached hydrogen (secondary N) is 1. The number of hydrogen-bond acceptors (Lipinski definition) is 3. The summed E-state index contributed by atoms with van der Waals surface area (Å²) in [5, 5.41) is 24.4. The topological polar surface area (TPSA) is 81.4 Å². The van der Waals surface area contributed by atoms with E-state index in [1.165, 1.54) is 18.2 Å². The fraction of sp³-hybridized carbons (Fsp3) is 0.